The molecule has 0 aromatic carbocycles. The maximum atomic E-state index is 11.1. The average molecular weight is 185 g/mol. The summed E-state index contributed by atoms with van der Waals surface area (Å²) < 4.78 is 0. The molecule has 0 bridgehead atoms. The zero-order chi connectivity index (χ0) is 10.3. The molecule has 0 saturated carbocycles. The predicted octanol–water partition coefficient (Wildman–Crippen LogP) is 2.24. The van der Waals surface area contributed by atoms with Gasteiger partial charge in [0.1, 0.15) is 5.78 Å². The van der Waals surface area contributed by atoms with E-state index in [9.17, 15) is 4.79 Å². The molecule has 0 radical (unpaired) electrons. The van der Waals surface area contributed by atoms with E-state index in [0.29, 0.717) is 11.7 Å². The highest BCUT2D eigenvalue weighted by Crippen LogP contribution is 2.14. The topological polar surface area (TPSA) is 29.1 Å². The van der Waals surface area contributed by atoms with E-state index in [1.54, 1.807) is 6.92 Å². The van der Waals surface area contributed by atoms with Crippen LogP contribution in [-0.2, 0) is 4.79 Å². The number of Topliss-reactive ketones (excluding diaryl/α,β-unsaturated/α-hetero) is 1. The Morgan fingerprint density at radius 3 is 2.38 bits per heavy atom. The van der Waals surface area contributed by atoms with Crippen molar-refractivity contribution in [3.05, 3.63) is 0 Å². The van der Waals surface area contributed by atoms with Crippen molar-refractivity contribution in [1.29, 1.82) is 0 Å². The Morgan fingerprint density at radius 2 is 1.92 bits per heavy atom. The van der Waals surface area contributed by atoms with Crippen molar-refractivity contribution < 1.29 is 4.79 Å². The van der Waals surface area contributed by atoms with E-state index in [4.69, 9.17) is 0 Å². The second-order valence-corrected chi connectivity index (χ2v) is 3.92. The Morgan fingerprint density at radius 1 is 1.31 bits per heavy atom. The van der Waals surface area contributed by atoms with Crippen molar-refractivity contribution >= 4 is 5.78 Å². The molecule has 2 heteroatoms. The zero-order valence-corrected chi connectivity index (χ0v) is 9.39. The van der Waals surface area contributed by atoms with Gasteiger partial charge in [0.25, 0.3) is 0 Å². The average Bonchev–Trinajstić information content (AvgIpc) is 2.10. The van der Waals surface area contributed by atoms with Crippen LogP contribution in [0.15, 0.2) is 0 Å². The molecule has 2 unspecified atom stereocenters. The summed E-state index contributed by atoms with van der Waals surface area (Å²) in [4.78, 5) is 11.1. The number of hydrogen-bond donors (Lipinski definition) is 1. The molecule has 78 valence electrons. The van der Waals surface area contributed by atoms with E-state index in [0.717, 1.165) is 19.5 Å². The predicted molar refractivity (Wildman–Crippen MR) is 56.8 cm³/mol. The fourth-order valence-corrected chi connectivity index (χ4v) is 1.28. The van der Waals surface area contributed by atoms with Gasteiger partial charge in [-0.3, -0.25) is 4.79 Å². The van der Waals surface area contributed by atoms with Crippen LogP contribution in [0.2, 0.25) is 0 Å². The number of carbonyl (C=O) groups excluding carboxylic acids is 1. The SMILES string of the molecule is CCCNCCC(C)C(C)C(C)=O. The molecular weight excluding hydrogens is 162 g/mol. The summed E-state index contributed by atoms with van der Waals surface area (Å²) in [6, 6.07) is 0. The zero-order valence-electron chi connectivity index (χ0n) is 9.39. The fourth-order valence-electron chi connectivity index (χ4n) is 1.28. The minimum atomic E-state index is 0.212. The molecule has 0 amide bonds. The van der Waals surface area contributed by atoms with Crippen LogP contribution in [0, 0.1) is 11.8 Å². The van der Waals surface area contributed by atoms with E-state index >= 15 is 0 Å². The molecule has 0 spiro atoms. The molecule has 0 aromatic rings. The number of nitrogens with one attached hydrogen (secondary N) is 1. The van der Waals surface area contributed by atoms with Crippen molar-refractivity contribution in [2.24, 2.45) is 11.8 Å². The van der Waals surface area contributed by atoms with E-state index in [-0.39, 0.29) is 5.92 Å². The van der Waals surface area contributed by atoms with Crippen LogP contribution in [-0.4, -0.2) is 18.9 Å². The minimum absolute atomic E-state index is 0.212. The maximum absolute atomic E-state index is 11.1. The third-order valence-corrected chi connectivity index (χ3v) is 2.70. The third-order valence-electron chi connectivity index (χ3n) is 2.70. The van der Waals surface area contributed by atoms with Crippen LogP contribution in [0.5, 0.6) is 0 Å². The van der Waals surface area contributed by atoms with Gasteiger partial charge in [-0.05, 0) is 38.8 Å². The largest absolute Gasteiger partial charge is 0.317 e. The summed E-state index contributed by atoms with van der Waals surface area (Å²) in [5, 5.41) is 3.35. The molecule has 0 fully saturated rings. The van der Waals surface area contributed by atoms with Gasteiger partial charge in [0.2, 0.25) is 0 Å². The first kappa shape index (κ1) is 12.6. The summed E-state index contributed by atoms with van der Waals surface area (Å²) in [5.74, 6) is 1.02. The Kier molecular flexibility index (Phi) is 6.87. The van der Waals surface area contributed by atoms with Gasteiger partial charge >= 0.3 is 0 Å². The first-order chi connectivity index (χ1) is 6.09. The van der Waals surface area contributed by atoms with Crippen molar-refractivity contribution in [1.82, 2.24) is 5.32 Å². The Labute approximate surface area is 82.1 Å². The van der Waals surface area contributed by atoms with Crippen LogP contribution >= 0.6 is 0 Å². The summed E-state index contributed by atoms with van der Waals surface area (Å²) in [5.41, 5.74) is 0. The lowest BCUT2D eigenvalue weighted by Crippen LogP contribution is -2.23. The Hall–Kier alpha value is -0.370. The van der Waals surface area contributed by atoms with Gasteiger partial charge in [-0.25, -0.2) is 0 Å². The van der Waals surface area contributed by atoms with Gasteiger partial charge in [-0.1, -0.05) is 20.8 Å². The van der Waals surface area contributed by atoms with Crippen molar-refractivity contribution in [2.45, 2.75) is 40.5 Å². The lowest BCUT2D eigenvalue weighted by molar-refractivity contribution is -0.121. The summed E-state index contributed by atoms with van der Waals surface area (Å²) >= 11 is 0. The van der Waals surface area contributed by atoms with Crippen molar-refractivity contribution in [2.75, 3.05) is 13.1 Å². The van der Waals surface area contributed by atoms with Gasteiger partial charge in [0.05, 0.1) is 0 Å². The molecule has 0 aliphatic heterocycles. The van der Waals surface area contributed by atoms with Gasteiger partial charge in [0, 0.05) is 5.92 Å². The second kappa shape index (κ2) is 7.07. The molecule has 0 heterocycles. The Balaban J connectivity index is 3.50. The number of rotatable bonds is 7. The molecule has 0 saturated heterocycles. The van der Waals surface area contributed by atoms with Crippen LogP contribution in [0.4, 0.5) is 0 Å². The van der Waals surface area contributed by atoms with Gasteiger partial charge in [-0.2, -0.15) is 0 Å². The van der Waals surface area contributed by atoms with Gasteiger partial charge in [-0.15, -0.1) is 0 Å². The fraction of sp³-hybridized carbons (Fsp3) is 0.909. The van der Waals surface area contributed by atoms with E-state index in [2.05, 4.69) is 19.2 Å². The third kappa shape index (κ3) is 5.81. The van der Waals surface area contributed by atoms with Crippen LogP contribution in [0.1, 0.15) is 40.5 Å². The molecule has 2 atom stereocenters. The molecule has 0 rings (SSSR count). The molecule has 0 aromatic heterocycles. The van der Waals surface area contributed by atoms with E-state index < -0.39 is 0 Å². The smallest absolute Gasteiger partial charge is 0.132 e. The monoisotopic (exact) mass is 185 g/mol. The van der Waals surface area contributed by atoms with E-state index in [1.807, 2.05) is 6.92 Å². The molecule has 2 nitrogen and oxygen atoms in total. The first-order valence-corrected chi connectivity index (χ1v) is 5.30. The molecule has 0 aliphatic carbocycles. The molecule has 0 aliphatic rings. The van der Waals surface area contributed by atoms with Crippen molar-refractivity contribution in [3.63, 3.8) is 0 Å². The van der Waals surface area contributed by atoms with Gasteiger partial charge in [0.15, 0.2) is 0 Å². The normalized spacial score (nSPS) is 15.4. The lowest BCUT2D eigenvalue weighted by Gasteiger charge is -2.17. The number of ketones is 1. The quantitative estimate of drug-likeness (QED) is 0.616. The summed E-state index contributed by atoms with van der Waals surface area (Å²) in [7, 11) is 0. The second-order valence-electron chi connectivity index (χ2n) is 3.92. The summed E-state index contributed by atoms with van der Waals surface area (Å²) in [6.07, 6.45) is 2.28. The lowest BCUT2D eigenvalue weighted by atomic mass is 9.90. The van der Waals surface area contributed by atoms with Crippen LogP contribution in [0.25, 0.3) is 0 Å². The highest BCUT2D eigenvalue weighted by Gasteiger charge is 2.15. The first-order valence-electron chi connectivity index (χ1n) is 5.30. The number of hydrogen-bond acceptors (Lipinski definition) is 2. The summed E-state index contributed by atoms with van der Waals surface area (Å²) in [6.45, 7) is 10.1. The molecular formula is C11H23NO. The minimum Gasteiger partial charge on any atom is -0.317 e. The van der Waals surface area contributed by atoms with Crippen LogP contribution < -0.4 is 5.32 Å². The van der Waals surface area contributed by atoms with Crippen molar-refractivity contribution in [3.8, 4) is 0 Å². The highest BCUT2D eigenvalue weighted by molar-refractivity contribution is 5.78. The van der Waals surface area contributed by atoms with Crippen LogP contribution in [0.3, 0.4) is 0 Å². The highest BCUT2D eigenvalue weighted by atomic mass is 16.1. The van der Waals surface area contributed by atoms with Gasteiger partial charge < -0.3 is 5.32 Å². The standard InChI is InChI=1S/C11H23NO/c1-5-7-12-8-6-9(2)10(3)11(4)13/h9-10,12H,5-8H2,1-4H3. The molecule has 1 N–H and O–H groups in total. The van der Waals surface area contributed by atoms with E-state index in [1.165, 1.54) is 6.42 Å². The molecule has 13 heavy (non-hydrogen) atoms. The maximum Gasteiger partial charge on any atom is 0.132 e. The Bertz CT molecular complexity index is 145. The number of carbonyl (C=O) groups is 1.